The van der Waals surface area contributed by atoms with E-state index in [2.05, 4.69) is 15.1 Å². The fourth-order valence-corrected chi connectivity index (χ4v) is 1.26. The highest BCUT2D eigenvalue weighted by molar-refractivity contribution is 5.96. The highest BCUT2D eigenvalue weighted by Crippen LogP contribution is 2.09. The average molecular weight is 202 g/mol. The van der Waals surface area contributed by atoms with Crippen LogP contribution in [0.5, 0.6) is 0 Å². The van der Waals surface area contributed by atoms with E-state index in [1.165, 1.54) is 10.9 Å². The number of hydrogen-bond acceptors (Lipinski definition) is 4. The van der Waals surface area contributed by atoms with Crippen molar-refractivity contribution < 1.29 is 4.79 Å². The standard InChI is InChI=1S/C10H10N4O/c1-2-8(15)9-10(12-6-5-11-9)14-7-3-4-13-14/h3-7H,2H2,1H3. The number of hydrogen-bond donors (Lipinski definition) is 0. The molecule has 0 aromatic carbocycles. The molecule has 0 radical (unpaired) electrons. The molecule has 0 saturated carbocycles. The lowest BCUT2D eigenvalue weighted by atomic mass is 10.2. The molecule has 2 heterocycles. The van der Waals surface area contributed by atoms with Gasteiger partial charge < -0.3 is 0 Å². The van der Waals surface area contributed by atoms with Gasteiger partial charge in [0, 0.05) is 31.2 Å². The number of carbonyl (C=O) groups is 1. The third-order valence-corrected chi connectivity index (χ3v) is 1.99. The van der Waals surface area contributed by atoms with Crippen LogP contribution in [0.1, 0.15) is 23.8 Å². The summed E-state index contributed by atoms with van der Waals surface area (Å²) in [5.41, 5.74) is 0.365. The van der Waals surface area contributed by atoms with Gasteiger partial charge >= 0.3 is 0 Å². The lowest BCUT2D eigenvalue weighted by Crippen LogP contribution is -2.10. The van der Waals surface area contributed by atoms with Crippen molar-refractivity contribution in [2.75, 3.05) is 0 Å². The first kappa shape index (κ1) is 9.51. The topological polar surface area (TPSA) is 60.7 Å². The van der Waals surface area contributed by atoms with Crippen LogP contribution < -0.4 is 0 Å². The first-order chi connectivity index (χ1) is 7.33. The number of rotatable bonds is 3. The van der Waals surface area contributed by atoms with E-state index in [-0.39, 0.29) is 5.78 Å². The second-order valence-corrected chi connectivity index (χ2v) is 2.96. The number of ketones is 1. The zero-order chi connectivity index (χ0) is 10.7. The molecule has 5 heteroatoms. The third kappa shape index (κ3) is 1.76. The quantitative estimate of drug-likeness (QED) is 0.703. The maximum absolute atomic E-state index is 11.6. The maximum Gasteiger partial charge on any atom is 0.184 e. The second kappa shape index (κ2) is 4.00. The van der Waals surface area contributed by atoms with E-state index in [0.717, 1.165) is 0 Å². The monoisotopic (exact) mass is 202 g/mol. The number of nitrogens with zero attached hydrogens (tertiary/aromatic N) is 4. The fraction of sp³-hybridized carbons (Fsp3) is 0.200. The lowest BCUT2D eigenvalue weighted by Gasteiger charge is -2.04. The van der Waals surface area contributed by atoms with Crippen molar-refractivity contribution in [1.29, 1.82) is 0 Å². The van der Waals surface area contributed by atoms with Gasteiger partial charge in [0.05, 0.1) is 0 Å². The Morgan fingerprint density at radius 2 is 2.13 bits per heavy atom. The predicted octanol–water partition coefficient (Wildman–Crippen LogP) is 1.25. The van der Waals surface area contributed by atoms with Crippen LogP contribution in [-0.4, -0.2) is 25.5 Å². The van der Waals surface area contributed by atoms with Crippen molar-refractivity contribution in [2.45, 2.75) is 13.3 Å². The molecule has 0 aliphatic heterocycles. The minimum Gasteiger partial charge on any atom is -0.292 e. The van der Waals surface area contributed by atoms with Gasteiger partial charge in [-0.2, -0.15) is 5.10 Å². The lowest BCUT2D eigenvalue weighted by molar-refractivity contribution is 0.0983. The van der Waals surface area contributed by atoms with Crippen molar-refractivity contribution in [3.05, 3.63) is 36.5 Å². The molecule has 2 aromatic rings. The van der Waals surface area contributed by atoms with Crippen molar-refractivity contribution in [3.63, 3.8) is 0 Å². The molecule has 0 amide bonds. The third-order valence-electron chi connectivity index (χ3n) is 1.99. The molecule has 2 aromatic heterocycles. The molecule has 0 bridgehead atoms. The van der Waals surface area contributed by atoms with Gasteiger partial charge in [-0.05, 0) is 6.07 Å². The zero-order valence-corrected chi connectivity index (χ0v) is 8.29. The van der Waals surface area contributed by atoms with E-state index in [1.807, 2.05) is 0 Å². The smallest absolute Gasteiger partial charge is 0.184 e. The van der Waals surface area contributed by atoms with Gasteiger partial charge in [-0.25, -0.2) is 14.6 Å². The Morgan fingerprint density at radius 3 is 2.80 bits per heavy atom. The normalized spacial score (nSPS) is 10.2. The van der Waals surface area contributed by atoms with E-state index in [9.17, 15) is 4.79 Å². The van der Waals surface area contributed by atoms with E-state index in [4.69, 9.17) is 0 Å². The molecule has 0 atom stereocenters. The Hall–Kier alpha value is -2.04. The summed E-state index contributed by atoms with van der Waals surface area (Å²) in [6.45, 7) is 1.80. The Balaban J connectivity index is 2.52. The minimum atomic E-state index is -0.0337. The Bertz CT molecular complexity index is 464. The van der Waals surface area contributed by atoms with Crippen molar-refractivity contribution in [3.8, 4) is 5.82 Å². The van der Waals surface area contributed by atoms with Crippen molar-refractivity contribution >= 4 is 5.78 Å². The summed E-state index contributed by atoms with van der Waals surface area (Å²) in [7, 11) is 0. The zero-order valence-electron chi connectivity index (χ0n) is 8.29. The van der Waals surface area contributed by atoms with Gasteiger partial charge in [-0.3, -0.25) is 4.79 Å². The predicted molar refractivity (Wildman–Crippen MR) is 53.8 cm³/mol. The number of aromatic nitrogens is 4. The minimum absolute atomic E-state index is 0.0337. The summed E-state index contributed by atoms with van der Waals surface area (Å²) < 4.78 is 1.54. The van der Waals surface area contributed by atoms with Gasteiger partial charge in [-0.15, -0.1) is 0 Å². The SMILES string of the molecule is CCC(=O)c1nccnc1-n1cccn1. The van der Waals surface area contributed by atoms with Crippen LogP contribution in [0, 0.1) is 0 Å². The average Bonchev–Trinajstić information content (AvgIpc) is 2.81. The first-order valence-corrected chi connectivity index (χ1v) is 4.67. The Kier molecular flexibility index (Phi) is 2.53. The van der Waals surface area contributed by atoms with Crippen LogP contribution in [0.4, 0.5) is 0 Å². The van der Waals surface area contributed by atoms with E-state index >= 15 is 0 Å². The summed E-state index contributed by atoms with van der Waals surface area (Å²) in [6, 6.07) is 1.77. The molecule has 0 N–H and O–H groups in total. The Morgan fingerprint density at radius 1 is 1.33 bits per heavy atom. The van der Waals surface area contributed by atoms with Crippen molar-refractivity contribution in [2.24, 2.45) is 0 Å². The van der Waals surface area contributed by atoms with Gasteiger partial charge in [0.25, 0.3) is 0 Å². The van der Waals surface area contributed by atoms with E-state index in [1.54, 1.807) is 31.6 Å². The molecule has 0 aliphatic rings. The van der Waals surface area contributed by atoms with Crippen molar-refractivity contribution in [1.82, 2.24) is 19.7 Å². The highest BCUT2D eigenvalue weighted by Gasteiger charge is 2.13. The number of Topliss-reactive ketones (excluding diaryl/α,β-unsaturated/α-hetero) is 1. The summed E-state index contributed by atoms with van der Waals surface area (Å²) in [5, 5.41) is 4.03. The summed E-state index contributed by atoms with van der Waals surface area (Å²) in [6.07, 6.45) is 6.83. The van der Waals surface area contributed by atoms with E-state index in [0.29, 0.717) is 17.9 Å². The van der Waals surface area contributed by atoms with Crippen LogP contribution in [0.15, 0.2) is 30.9 Å². The molecule has 0 spiro atoms. The molecule has 0 aliphatic carbocycles. The van der Waals surface area contributed by atoms with Crippen LogP contribution in [0.25, 0.3) is 5.82 Å². The molecule has 15 heavy (non-hydrogen) atoms. The van der Waals surface area contributed by atoms with Gasteiger partial charge in [0.1, 0.15) is 0 Å². The molecular formula is C10H10N4O. The maximum atomic E-state index is 11.6. The molecule has 76 valence electrons. The first-order valence-electron chi connectivity index (χ1n) is 4.67. The molecular weight excluding hydrogens is 192 g/mol. The van der Waals surface area contributed by atoms with Crippen LogP contribution in [-0.2, 0) is 0 Å². The molecule has 0 unspecified atom stereocenters. The van der Waals surface area contributed by atoms with E-state index < -0.39 is 0 Å². The largest absolute Gasteiger partial charge is 0.292 e. The molecule has 2 rings (SSSR count). The molecule has 0 fully saturated rings. The van der Waals surface area contributed by atoms with Gasteiger partial charge in [0.2, 0.25) is 0 Å². The second-order valence-electron chi connectivity index (χ2n) is 2.96. The van der Waals surface area contributed by atoms with Gasteiger partial charge in [0.15, 0.2) is 17.3 Å². The Labute approximate surface area is 86.8 Å². The fourth-order valence-electron chi connectivity index (χ4n) is 1.26. The molecule has 0 saturated heterocycles. The summed E-state index contributed by atoms with van der Waals surface area (Å²) >= 11 is 0. The highest BCUT2D eigenvalue weighted by atomic mass is 16.1. The van der Waals surface area contributed by atoms with Gasteiger partial charge in [-0.1, -0.05) is 6.92 Å². The summed E-state index contributed by atoms with van der Waals surface area (Å²) in [5.74, 6) is 0.447. The van der Waals surface area contributed by atoms with Crippen LogP contribution in [0.3, 0.4) is 0 Å². The van der Waals surface area contributed by atoms with Crippen LogP contribution in [0.2, 0.25) is 0 Å². The molecule has 5 nitrogen and oxygen atoms in total. The number of carbonyl (C=O) groups excluding carboxylic acids is 1. The van der Waals surface area contributed by atoms with Crippen LogP contribution >= 0.6 is 0 Å². The summed E-state index contributed by atoms with van der Waals surface area (Å²) in [4.78, 5) is 19.7.